The fourth-order valence-electron chi connectivity index (χ4n) is 0.646. The average Bonchev–Trinajstić information content (AvgIpc) is 1.91. The van der Waals surface area contributed by atoms with Gasteiger partial charge in [-0.1, -0.05) is 5.57 Å². The van der Waals surface area contributed by atoms with Crippen LogP contribution in [0.5, 0.6) is 0 Å². The smallest absolute Gasteiger partial charge is 0.0367 e. The average molecular weight is 159 g/mol. The predicted octanol–water partition coefficient (Wildman–Crippen LogP) is 1.97. The van der Waals surface area contributed by atoms with Crippen LogP contribution < -0.4 is 0 Å². The van der Waals surface area contributed by atoms with Crippen LogP contribution in [0.1, 0.15) is 6.42 Å². The summed E-state index contributed by atoms with van der Waals surface area (Å²) < 4.78 is 4.00. The monoisotopic (exact) mass is 159 g/mol. The van der Waals surface area contributed by atoms with Gasteiger partial charge in [0.25, 0.3) is 0 Å². The van der Waals surface area contributed by atoms with E-state index >= 15 is 0 Å². The molecule has 0 radical (unpaired) electrons. The van der Waals surface area contributed by atoms with Crippen LogP contribution in [0, 0.1) is 0 Å². The van der Waals surface area contributed by atoms with Crippen molar-refractivity contribution in [3.05, 3.63) is 11.6 Å². The normalized spacial score (nSPS) is 17.7. The van der Waals surface area contributed by atoms with E-state index in [1.165, 1.54) is 5.57 Å². The Balaban J connectivity index is 2.38. The van der Waals surface area contributed by atoms with Crippen molar-refractivity contribution in [1.82, 2.24) is 0 Å². The molecule has 0 unspecified atom stereocenters. The molecule has 1 heterocycles. The second-order valence-corrected chi connectivity index (χ2v) is 3.03. The Morgan fingerprint density at radius 3 is 3.22 bits per heavy atom. The Labute approximate surface area is 65.2 Å². The molecule has 0 saturated carbocycles. The third kappa shape index (κ3) is 2.45. The number of hydrogen-bond donors (Lipinski definition) is 1. The first-order valence-corrected chi connectivity index (χ1v) is 4.45. The maximum absolute atomic E-state index is 4.14. The fourth-order valence-corrected chi connectivity index (χ4v) is 1.56. The zero-order valence-electron chi connectivity index (χ0n) is 5.08. The van der Waals surface area contributed by atoms with Crippen molar-refractivity contribution in [2.75, 3.05) is 11.5 Å². The van der Waals surface area contributed by atoms with Gasteiger partial charge in [-0.25, -0.2) is 4.40 Å². The van der Waals surface area contributed by atoms with E-state index in [2.05, 4.69) is 23.1 Å². The summed E-state index contributed by atoms with van der Waals surface area (Å²) in [6.07, 6.45) is 5.03. The molecule has 0 bridgehead atoms. The van der Waals surface area contributed by atoms with Gasteiger partial charge in [-0.3, -0.25) is 0 Å². The zero-order valence-corrected chi connectivity index (χ0v) is 6.79. The molecule has 9 heavy (non-hydrogen) atoms. The predicted molar refractivity (Wildman–Crippen MR) is 47.5 cm³/mol. The third-order valence-corrected chi connectivity index (χ3v) is 2.12. The molecule has 0 aromatic rings. The van der Waals surface area contributed by atoms with Gasteiger partial charge in [0.1, 0.15) is 0 Å². The minimum Gasteiger partial charge on any atom is -0.224 e. The van der Waals surface area contributed by atoms with Crippen molar-refractivity contribution >= 4 is 30.8 Å². The molecular formula is C6H9NS2. The fraction of sp³-hybridized carbons (Fsp3) is 0.500. The summed E-state index contributed by atoms with van der Waals surface area (Å²) in [6.45, 7) is 0. The van der Waals surface area contributed by atoms with Gasteiger partial charge in [0.2, 0.25) is 0 Å². The SMILES string of the molecule is SCCC1=CC=NSC1. The Morgan fingerprint density at radius 1 is 1.78 bits per heavy atom. The number of rotatable bonds is 2. The van der Waals surface area contributed by atoms with E-state index in [9.17, 15) is 0 Å². The molecule has 0 aromatic heterocycles. The Morgan fingerprint density at radius 2 is 2.67 bits per heavy atom. The summed E-state index contributed by atoms with van der Waals surface area (Å²) in [6, 6.07) is 0. The van der Waals surface area contributed by atoms with Crippen LogP contribution >= 0.6 is 24.6 Å². The molecule has 0 aliphatic carbocycles. The van der Waals surface area contributed by atoms with E-state index in [0.717, 1.165) is 17.9 Å². The van der Waals surface area contributed by atoms with Gasteiger partial charge >= 0.3 is 0 Å². The molecule has 0 amide bonds. The van der Waals surface area contributed by atoms with Gasteiger partial charge in [-0.2, -0.15) is 12.6 Å². The maximum Gasteiger partial charge on any atom is 0.0367 e. The number of hydrogen-bond acceptors (Lipinski definition) is 3. The maximum atomic E-state index is 4.14. The van der Waals surface area contributed by atoms with Crippen LogP contribution in [-0.4, -0.2) is 17.7 Å². The molecule has 1 aliphatic rings. The van der Waals surface area contributed by atoms with E-state index < -0.39 is 0 Å². The minimum atomic E-state index is 0.945. The van der Waals surface area contributed by atoms with Crippen LogP contribution in [0.4, 0.5) is 0 Å². The van der Waals surface area contributed by atoms with E-state index in [0.29, 0.717) is 0 Å². The van der Waals surface area contributed by atoms with Crippen LogP contribution in [0.2, 0.25) is 0 Å². The lowest BCUT2D eigenvalue weighted by Gasteiger charge is -2.03. The molecule has 0 aromatic carbocycles. The Bertz CT molecular complexity index is 140. The molecule has 3 heteroatoms. The first kappa shape index (κ1) is 7.22. The lowest BCUT2D eigenvalue weighted by molar-refractivity contribution is 1.13. The van der Waals surface area contributed by atoms with Crippen LogP contribution in [0.15, 0.2) is 16.0 Å². The van der Waals surface area contributed by atoms with Crippen LogP contribution in [0.3, 0.4) is 0 Å². The number of nitrogens with zero attached hydrogens (tertiary/aromatic N) is 1. The van der Waals surface area contributed by atoms with Crippen molar-refractivity contribution in [2.45, 2.75) is 6.42 Å². The molecular weight excluding hydrogens is 150 g/mol. The van der Waals surface area contributed by atoms with Gasteiger partial charge in [-0.15, -0.1) is 0 Å². The number of thiol groups is 1. The van der Waals surface area contributed by atoms with E-state index in [-0.39, 0.29) is 0 Å². The topological polar surface area (TPSA) is 12.4 Å². The first-order valence-electron chi connectivity index (χ1n) is 2.87. The standard InChI is InChI=1S/C6H9NS2/c8-4-2-6-1-3-7-9-5-6/h1,3,8H,2,4-5H2. The summed E-state index contributed by atoms with van der Waals surface area (Å²) in [5.41, 5.74) is 1.45. The second-order valence-electron chi connectivity index (χ2n) is 1.83. The lowest BCUT2D eigenvalue weighted by atomic mass is 10.2. The van der Waals surface area contributed by atoms with Crippen molar-refractivity contribution in [1.29, 1.82) is 0 Å². The quantitative estimate of drug-likeness (QED) is 0.480. The van der Waals surface area contributed by atoms with Gasteiger partial charge in [0.15, 0.2) is 0 Å². The Hall–Kier alpha value is 0.110. The highest BCUT2D eigenvalue weighted by atomic mass is 32.2. The molecule has 1 nitrogen and oxygen atoms in total. The molecule has 0 spiro atoms. The summed E-state index contributed by atoms with van der Waals surface area (Å²) in [7, 11) is 0. The van der Waals surface area contributed by atoms with Gasteiger partial charge in [-0.05, 0) is 30.2 Å². The molecule has 0 atom stereocenters. The molecule has 0 N–H and O–H groups in total. The van der Waals surface area contributed by atoms with E-state index in [4.69, 9.17) is 0 Å². The highest BCUT2D eigenvalue weighted by molar-refractivity contribution is 7.98. The lowest BCUT2D eigenvalue weighted by Crippen LogP contribution is -1.92. The summed E-state index contributed by atoms with van der Waals surface area (Å²) in [5.74, 6) is 2.00. The molecule has 0 fully saturated rings. The number of allylic oxidation sites excluding steroid dienone is 1. The van der Waals surface area contributed by atoms with Crippen molar-refractivity contribution in [2.24, 2.45) is 4.40 Å². The van der Waals surface area contributed by atoms with E-state index in [1.54, 1.807) is 11.9 Å². The van der Waals surface area contributed by atoms with Gasteiger partial charge in [0.05, 0.1) is 0 Å². The van der Waals surface area contributed by atoms with Crippen molar-refractivity contribution < 1.29 is 0 Å². The first-order chi connectivity index (χ1) is 4.43. The zero-order chi connectivity index (χ0) is 6.53. The molecule has 1 aliphatic heterocycles. The van der Waals surface area contributed by atoms with E-state index in [1.807, 2.05) is 6.21 Å². The highest BCUT2D eigenvalue weighted by Crippen LogP contribution is 2.15. The van der Waals surface area contributed by atoms with Crippen LogP contribution in [0.25, 0.3) is 0 Å². The molecule has 1 rings (SSSR count). The summed E-state index contributed by atoms with van der Waals surface area (Å²) in [4.78, 5) is 0. The largest absolute Gasteiger partial charge is 0.224 e. The molecule has 0 saturated heterocycles. The van der Waals surface area contributed by atoms with Crippen molar-refractivity contribution in [3.63, 3.8) is 0 Å². The third-order valence-electron chi connectivity index (χ3n) is 1.13. The van der Waals surface area contributed by atoms with Crippen molar-refractivity contribution in [3.8, 4) is 0 Å². The summed E-state index contributed by atoms with van der Waals surface area (Å²) in [5, 5.41) is 0. The minimum absolute atomic E-state index is 0.945. The van der Waals surface area contributed by atoms with Gasteiger partial charge in [0, 0.05) is 12.0 Å². The highest BCUT2D eigenvalue weighted by Gasteiger charge is 1.97. The van der Waals surface area contributed by atoms with Crippen LogP contribution in [-0.2, 0) is 0 Å². The second kappa shape index (κ2) is 4.01. The summed E-state index contributed by atoms with van der Waals surface area (Å²) >= 11 is 5.75. The van der Waals surface area contributed by atoms with Gasteiger partial charge < -0.3 is 0 Å². The Kier molecular flexibility index (Phi) is 3.22. The molecule has 50 valence electrons.